The molecule has 0 unspecified atom stereocenters. The number of hydrogen-bond donors (Lipinski definition) is 2. The maximum atomic E-state index is 5.78. The summed E-state index contributed by atoms with van der Waals surface area (Å²) in [7, 11) is 1.82. The Morgan fingerprint density at radius 3 is 2.31 bits per heavy atom. The average molecular weight is 223 g/mol. The van der Waals surface area contributed by atoms with Crippen LogP contribution in [0.1, 0.15) is 41.0 Å². The molecule has 0 saturated carbocycles. The minimum absolute atomic E-state index is 0.0565. The topological polar surface area (TPSA) is 50.4 Å². The Labute approximate surface area is 99.5 Å². The molecule has 0 rings (SSSR count). The largest absolute Gasteiger partial charge is 0.386 e. The van der Waals surface area contributed by atoms with Crippen LogP contribution in [0.4, 0.5) is 0 Å². The van der Waals surface area contributed by atoms with Crippen LogP contribution in [0, 0.1) is 5.41 Å². The van der Waals surface area contributed by atoms with Gasteiger partial charge in [0.25, 0.3) is 0 Å². The van der Waals surface area contributed by atoms with E-state index in [1.165, 1.54) is 0 Å². The van der Waals surface area contributed by atoms with Crippen molar-refractivity contribution in [3.63, 3.8) is 0 Å². The SMILES string of the molecule is CC/C=C(\N)N/C(C)=C/C(=N\C)C(C)(C)C. The second kappa shape index (κ2) is 6.36. The lowest BCUT2D eigenvalue weighted by atomic mass is 9.89. The highest BCUT2D eigenvalue weighted by Gasteiger charge is 2.16. The third-order valence-electron chi connectivity index (χ3n) is 2.13. The summed E-state index contributed by atoms with van der Waals surface area (Å²) in [5.41, 5.74) is 7.91. The number of rotatable bonds is 4. The third-order valence-corrected chi connectivity index (χ3v) is 2.13. The Kier molecular flexibility index (Phi) is 5.86. The van der Waals surface area contributed by atoms with E-state index >= 15 is 0 Å². The Morgan fingerprint density at radius 1 is 1.38 bits per heavy atom. The summed E-state index contributed by atoms with van der Waals surface area (Å²) in [6, 6.07) is 0. The van der Waals surface area contributed by atoms with Crippen molar-refractivity contribution in [3.8, 4) is 0 Å². The van der Waals surface area contributed by atoms with E-state index in [0.29, 0.717) is 5.82 Å². The molecule has 0 heterocycles. The average Bonchev–Trinajstić information content (AvgIpc) is 2.12. The second-order valence-corrected chi connectivity index (χ2v) is 4.88. The fraction of sp³-hybridized carbons (Fsp3) is 0.615. The summed E-state index contributed by atoms with van der Waals surface area (Å²) in [5, 5.41) is 3.14. The van der Waals surface area contributed by atoms with Crippen LogP contribution >= 0.6 is 0 Å². The van der Waals surface area contributed by atoms with Crippen molar-refractivity contribution in [3.05, 3.63) is 23.7 Å². The fourth-order valence-corrected chi connectivity index (χ4v) is 1.36. The first-order chi connectivity index (χ1) is 7.31. The van der Waals surface area contributed by atoms with Gasteiger partial charge < -0.3 is 11.1 Å². The van der Waals surface area contributed by atoms with E-state index in [1.54, 1.807) is 0 Å². The van der Waals surface area contributed by atoms with Gasteiger partial charge in [-0.15, -0.1) is 0 Å². The van der Waals surface area contributed by atoms with Gasteiger partial charge in [-0.3, -0.25) is 4.99 Å². The Balaban J connectivity index is 4.72. The van der Waals surface area contributed by atoms with Gasteiger partial charge >= 0.3 is 0 Å². The Morgan fingerprint density at radius 2 is 1.94 bits per heavy atom. The summed E-state index contributed by atoms with van der Waals surface area (Å²) < 4.78 is 0. The molecule has 0 aliphatic rings. The zero-order valence-corrected chi connectivity index (χ0v) is 11.4. The molecule has 3 N–H and O–H groups in total. The van der Waals surface area contributed by atoms with Crippen LogP contribution in [-0.2, 0) is 0 Å². The molecule has 0 atom stereocenters. The second-order valence-electron chi connectivity index (χ2n) is 4.88. The zero-order chi connectivity index (χ0) is 12.8. The lowest BCUT2D eigenvalue weighted by Crippen LogP contribution is -2.22. The number of nitrogens with one attached hydrogen (secondary N) is 1. The Hall–Kier alpha value is -1.25. The van der Waals surface area contributed by atoms with Crippen LogP contribution in [0.25, 0.3) is 0 Å². The molecule has 0 aliphatic carbocycles. The summed E-state index contributed by atoms with van der Waals surface area (Å²) in [4.78, 5) is 4.29. The molecule has 0 bridgehead atoms. The number of allylic oxidation sites excluding steroid dienone is 3. The van der Waals surface area contributed by atoms with Crippen LogP contribution in [-0.4, -0.2) is 12.8 Å². The van der Waals surface area contributed by atoms with Gasteiger partial charge in [-0.05, 0) is 25.5 Å². The van der Waals surface area contributed by atoms with E-state index in [1.807, 2.05) is 26.1 Å². The first kappa shape index (κ1) is 14.8. The van der Waals surface area contributed by atoms with Gasteiger partial charge in [0.05, 0.1) is 5.82 Å². The molecule has 16 heavy (non-hydrogen) atoms. The standard InChI is InChI=1S/C13H25N3/c1-7-8-12(14)16-10(2)9-11(15-6)13(3,4)5/h8-9,16H,7,14H2,1-6H3/b10-9+,12-8+,15-11+. The molecule has 0 aromatic heterocycles. The first-order valence-electron chi connectivity index (χ1n) is 5.69. The number of nitrogens with zero attached hydrogens (tertiary/aromatic N) is 1. The van der Waals surface area contributed by atoms with Gasteiger partial charge in [-0.1, -0.05) is 27.7 Å². The monoisotopic (exact) mass is 223 g/mol. The van der Waals surface area contributed by atoms with Gasteiger partial charge in [0.1, 0.15) is 0 Å². The van der Waals surface area contributed by atoms with Crippen molar-refractivity contribution >= 4 is 5.71 Å². The van der Waals surface area contributed by atoms with Crippen molar-refractivity contribution in [2.75, 3.05) is 7.05 Å². The van der Waals surface area contributed by atoms with E-state index in [0.717, 1.165) is 17.8 Å². The highest BCUT2D eigenvalue weighted by atomic mass is 15.0. The highest BCUT2D eigenvalue weighted by molar-refractivity contribution is 5.99. The third kappa shape index (κ3) is 5.59. The molecule has 0 fully saturated rings. The van der Waals surface area contributed by atoms with Crippen molar-refractivity contribution in [2.24, 2.45) is 16.1 Å². The summed E-state index contributed by atoms with van der Waals surface area (Å²) in [6.45, 7) is 10.5. The van der Waals surface area contributed by atoms with Crippen LogP contribution in [0.5, 0.6) is 0 Å². The van der Waals surface area contributed by atoms with E-state index in [4.69, 9.17) is 5.73 Å². The molecule has 0 saturated heterocycles. The lowest BCUT2D eigenvalue weighted by Gasteiger charge is -2.19. The summed E-state index contributed by atoms with van der Waals surface area (Å²) in [5.74, 6) is 0.695. The molecule has 92 valence electrons. The molecule has 0 aliphatic heterocycles. The van der Waals surface area contributed by atoms with Crippen LogP contribution in [0.3, 0.4) is 0 Å². The molecule has 0 aromatic rings. The minimum atomic E-state index is 0.0565. The molecule has 0 spiro atoms. The normalized spacial score (nSPS) is 15.2. The number of hydrogen-bond acceptors (Lipinski definition) is 3. The van der Waals surface area contributed by atoms with Crippen molar-refractivity contribution in [2.45, 2.75) is 41.0 Å². The van der Waals surface area contributed by atoms with Crippen LogP contribution in [0.2, 0.25) is 0 Å². The lowest BCUT2D eigenvalue weighted by molar-refractivity contribution is 0.592. The minimum Gasteiger partial charge on any atom is -0.386 e. The number of aliphatic imine (C=N–C) groups is 1. The van der Waals surface area contributed by atoms with Gasteiger partial charge in [0, 0.05) is 23.9 Å². The van der Waals surface area contributed by atoms with Crippen LogP contribution < -0.4 is 11.1 Å². The van der Waals surface area contributed by atoms with E-state index in [9.17, 15) is 0 Å². The quantitative estimate of drug-likeness (QED) is 0.720. The summed E-state index contributed by atoms with van der Waals surface area (Å²) in [6.07, 6.45) is 4.92. The predicted molar refractivity (Wildman–Crippen MR) is 72.3 cm³/mol. The first-order valence-corrected chi connectivity index (χ1v) is 5.69. The van der Waals surface area contributed by atoms with Crippen LogP contribution in [0.15, 0.2) is 28.7 Å². The van der Waals surface area contributed by atoms with Gasteiger partial charge in [-0.25, -0.2) is 0 Å². The maximum absolute atomic E-state index is 5.78. The molecule has 0 radical (unpaired) electrons. The van der Waals surface area contributed by atoms with Crippen molar-refractivity contribution in [1.82, 2.24) is 5.32 Å². The van der Waals surface area contributed by atoms with Gasteiger partial charge in [-0.2, -0.15) is 0 Å². The Bertz CT molecular complexity index is 304. The molecule has 3 heteroatoms. The molecular weight excluding hydrogens is 198 g/mol. The van der Waals surface area contributed by atoms with Crippen molar-refractivity contribution in [1.29, 1.82) is 0 Å². The zero-order valence-electron chi connectivity index (χ0n) is 11.4. The number of nitrogens with two attached hydrogens (primary N) is 1. The van der Waals surface area contributed by atoms with Gasteiger partial charge in [0.2, 0.25) is 0 Å². The highest BCUT2D eigenvalue weighted by Crippen LogP contribution is 2.17. The maximum Gasteiger partial charge on any atom is 0.0960 e. The molecular formula is C13H25N3. The molecule has 0 aromatic carbocycles. The van der Waals surface area contributed by atoms with Gasteiger partial charge in [0.15, 0.2) is 0 Å². The molecule has 0 amide bonds. The predicted octanol–water partition coefficient (Wildman–Crippen LogP) is 2.81. The fourth-order valence-electron chi connectivity index (χ4n) is 1.36. The summed E-state index contributed by atoms with van der Waals surface area (Å²) >= 11 is 0. The van der Waals surface area contributed by atoms with E-state index < -0.39 is 0 Å². The van der Waals surface area contributed by atoms with Crippen molar-refractivity contribution < 1.29 is 0 Å². The smallest absolute Gasteiger partial charge is 0.0960 e. The van der Waals surface area contributed by atoms with E-state index in [2.05, 4.69) is 38.0 Å². The van der Waals surface area contributed by atoms with E-state index in [-0.39, 0.29) is 5.41 Å². The molecule has 3 nitrogen and oxygen atoms in total.